The van der Waals surface area contributed by atoms with Crippen LogP contribution >= 0.6 is 0 Å². The Morgan fingerprint density at radius 1 is 1.18 bits per heavy atom. The highest BCUT2D eigenvalue weighted by Crippen LogP contribution is 2.50. The lowest BCUT2D eigenvalue weighted by atomic mass is 9.77. The minimum atomic E-state index is 0.0867. The summed E-state index contributed by atoms with van der Waals surface area (Å²) in [5.74, 6) is 0.973. The summed E-state index contributed by atoms with van der Waals surface area (Å²) in [5.41, 5.74) is 5.90. The number of carbonyl (C=O) groups is 1. The Bertz CT molecular complexity index is 885. The lowest BCUT2D eigenvalue weighted by Gasteiger charge is -2.38. The van der Waals surface area contributed by atoms with Crippen molar-refractivity contribution in [3.8, 4) is 0 Å². The predicted octanol–water partition coefficient (Wildman–Crippen LogP) is 5.32. The molecule has 0 aromatic heterocycles. The van der Waals surface area contributed by atoms with Gasteiger partial charge < -0.3 is 15.5 Å². The Kier molecular flexibility index (Phi) is 5.12. The molecular weight excluding hydrogens is 346 g/mol. The van der Waals surface area contributed by atoms with Crippen LogP contribution in [-0.4, -0.2) is 20.0 Å². The normalized spacial score (nSPS) is 22.2. The molecular formula is C24H29N3O. The molecule has 1 aliphatic carbocycles. The van der Waals surface area contributed by atoms with Gasteiger partial charge in [-0.2, -0.15) is 0 Å². The Balaban J connectivity index is 1.61. The minimum Gasteiger partial charge on any atom is -0.378 e. The van der Waals surface area contributed by atoms with Crippen LogP contribution in [-0.2, 0) is 4.79 Å². The van der Waals surface area contributed by atoms with Gasteiger partial charge in [0.1, 0.15) is 0 Å². The molecule has 4 heteroatoms. The van der Waals surface area contributed by atoms with Gasteiger partial charge in [0, 0.05) is 43.5 Å². The molecule has 0 saturated carbocycles. The zero-order valence-electron chi connectivity index (χ0n) is 16.9. The highest BCUT2D eigenvalue weighted by molar-refractivity contribution is 5.91. The fraction of sp³-hybridized carbons (Fsp3) is 0.375. The summed E-state index contributed by atoms with van der Waals surface area (Å²) in [7, 11) is 4.13. The van der Waals surface area contributed by atoms with Crippen molar-refractivity contribution < 1.29 is 4.79 Å². The van der Waals surface area contributed by atoms with Gasteiger partial charge in [-0.3, -0.25) is 4.79 Å². The number of allylic oxidation sites excluding steroid dienone is 2. The van der Waals surface area contributed by atoms with E-state index in [1.165, 1.54) is 22.5 Å². The van der Waals surface area contributed by atoms with E-state index in [-0.39, 0.29) is 5.91 Å². The lowest BCUT2D eigenvalue weighted by molar-refractivity contribution is -0.116. The maximum Gasteiger partial charge on any atom is 0.224 e. The van der Waals surface area contributed by atoms with E-state index in [9.17, 15) is 4.79 Å². The third-order valence-electron chi connectivity index (χ3n) is 5.89. The molecule has 3 atom stereocenters. The molecule has 1 amide bonds. The second-order valence-corrected chi connectivity index (χ2v) is 8.06. The van der Waals surface area contributed by atoms with Crippen molar-refractivity contribution in [2.75, 3.05) is 29.6 Å². The average Bonchev–Trinajstić information content (AvgIpc) is 3.18. The average molecular weight is 376 g/mol. The van der Waals surface area contributed by atoms with Gasteiger partial charge in [-0.05, 0) is 60.2 Å². The summed E-state index contributed by atoms with van der Waals surface area (Å²) in [4.78, 5) is 14.1. The molecule has 0 spiro atoms. The number of nitrogens with one attached hydrogen (secondary N) is 2. The standard InChI is InChI=1S/C24H29N3O/c1-4-6-23(28)25-17-11-14-22-21(15-17)19-7-5-8-20(19)24(26-22)16-9-12-18(13-10-16)27(2)3/h5,7,9-15,19-20,24,26H,4,6,8H2,1-3H3,(H,25,28). The van der Waals surface area contributed by atoms with Crippen LogP contribution in [0.4, 0.5) is 17.1 Å². The van der Waals surface area contributed by atoms with Crippen LogP contribution < -0.4 is 15.5 Å². The number of hydrogen-bond acceptors (Lipinski definition) is 3. The van der Waals surface area contributed by atoms with Crippen LogP contribution in [0.1, 0.15) is 49.3 Å². The van der Waals surface area contributed by atoms with Crippen molar-refractivity contribution in [2.24, 2.45) is 5.92 Å². The van der Waals surface area contributed by atoms with Gasteiger partial charge in [0.2, 0.25) is 5.91 Å². The quantitative estimate of drug-likeness (QED) is 0.695. The van der Waals surface area contributed by atoms with Crippen LogP contribution in [0, 0.1) is 5.92 Å². The lowest BCUT2D eigenvalue weighted by Crippen LogP contribution is -2.29. The van der Waals surface area contributed by atoms with Crippen LogP contribution in [0.3, 0.4) is 0 Å². The second-order valence-electron chi connectivity index (χ2n) is 8.06. The van der Waals surface area contributed by atoms with Crippen molar-refractivity contribution in [3.05, 3.63) is 65.7 Å². The van der Waals surface area contributed by atoms with Gasteiger partial charge in [0.25, 0.3) is 0 Å². The first kappa shape index (κ1) is 18.6. The summed E-state index contributed by atoms with van der Waals surface area (Å²) in [6, 6.07) is 15.4. The smallest absolute Gasteiger partial charge is 0.224 e. The van der Waals surface area contributed by atoms with Gasteiger partial charge >= 0.3 is 0 Å². The first-order valence-corrected chi connectivity index (χ1v) is 10.2. The Morgan fingerprint density at radius 3 is 2.68 bits per heavy atom. The maximum absolute atomic E-state index is 12.0. The van der Waals surface area contributed by atoms with E-state index in [1.807, 2.05) is 13.0 Å². The van der Waals surface area contributed by atoms with E-state index in [4.69, 9.17) is 0 Å². The number of hydrogen-bond donors (Lipinski definition) is 2. The second kappa shape index (κ2) is 7.70. The third kappa shape index (κ3) is 3.51. The van der Waals surface area contributed by atoms with E-state index in [0.717, 1.165) is 18.5 Å². The third-order valence-corrected chi connectivity index (χ3v) is 5.89. The number of fused-ring (bicyclic) bond motifs is 3. The van der Waals surface area contributed by atoms with Crippen molar-refractivity contribution in [3.63, 3.8) is 0 Å². The molecule has 1 aliphatic heterocycles. The molecule has 3 unspecified atom stereocenters. The van der Waals surface area contributed by atoms with Gasteiger partial charge in [-0.15, -0.1) is 0 Å². The fourth-order valence-electron chi connectivity index (χ4n) is 4.43. The maximum atomic E-state index is 12.0. The first-order valence-electron chi connectivity index (χ1n) is 10.2. The van der Waals surface area contributed by atoms with E-state index >= 15 is 0 Å². The van der Waals surface area contributed by atoms with Crippen molar-refractivity contribution in [1.82, 2.24) is 0 Å². The topological polar surface area (TPSA) is 44.4 Å². The number of nitrogens with zero attached hydrogens (tertiary/aromatic N) is 1. The van der Waals surface area contributed by atoms with Crippen LogP contribution in [0.5, 0.6) is 0 Å². The first-order chi connectivity index (χ1) is 13.6. The van der Waals surface area contributed by atoms with Gasteiger partial charge in [-0.1, -0.05) is 31.2 Å². The number of rotatable bonds is 5. The van der Waals surface area contributed by atoms with Crippen molar-refractivity contribution in [2.45, 2.75) is 38.1 Å². The number of carbonyl (C=O) groups excluding carboxylic acids is 1. The highest BCUT2D eigenvalue weighted by atomic mass is 16.1. The van der Waals surface area contributed by atoms with Gasteiger partial charge in [0.15, 0.2) is 0 Å². The Morgan fingerprint density at radius 2 is 1.96 bits per heavy atom. The van der Waals surface area contributed by atoms with Crippen molar-refractivity contribution in [1.29, 1.82) is 0 Å². The summed E-state index contributed by atoms with van der Waals surface area (Å²) < 4.78 is 0. The molecule has 0 fully saturated rings. The molecule has 2 aromatic rings. The van der Waals surface area contributed by atoms with Crippen LogP contribution in [0.15, 0.2) is 54.6 Å². The minimum absolute atomic E-state index is 0.0867. The van der Waals surface area contributed by atoms with Crippen molar-refractivity contribution >= 4 is 23.0 Å². The molecule has 146 valence electrons. The molecule has 1 heterocycles. The molecule has 28 heavy (non-hydrogen) atoms. The summed E-state index contributed by atoms with van der Waals surface area (Å²) in [5, 5.41) is 6.81. The summed E-state index contributed by atoms with van der Waals surface area (Å²) in [6.07, 6.45) is 7.13. The Hall–Kier alpha value is -2.75. The Labute approximate surface area is 167 Å². The fourth-order valence-corrected chi connectivity index (χ4v) is 4.43. The van der Waals surface area contributed by atoms with E-state index in [2.05, 4.69) is 78.2 Å². The number of benzene rings is 2. The van der Waals surface area contributed by atoms with Crippen LogP contribution in [0.2, 0.25) is 0 Å². The zero-order valence-corrected chi connectivity index (χ0v) is 16.9. The molecule has 0 saturated heterocycles. The van der Waals surface area contributed by atoms with E-state index in [0.29, 0.717) is 24.3 Å². The van der Waals surface area contributed by atoms with E-state index < -0.39 is 0 Å². The molecule has 0 radical (unpaired) electrons. The molecule has 4 rings (SSSR count). The molecule has 2 aliphatic rings. The summed E-state index contributed by atoms with van der Waals surface area (Å²) in [6.45, 7) is 2.02. The zero-order chi connectivity index (χ0) is 19.7. The number of amides is 1. The SMILES string of the molecule is CCCC(=O)Nc1ccc2c(c1)C1C=CCC1C(c1ccc(N(C)C)cc1)N2. The summed E-state index contributed by atoms with van der Waals surface area (Å²) >= 11 is 0. The van der Waals surface area contributed by atoms with Gasteiger partial charge in [-0.25, -0.2) is 0 Å². The van der Waals surface area contributed by atoms with Crippen LogP contribution in [0.25, 0.3) is 0 Å². The molecule has 4 nitrogen and oxygen atoms in total. The van der Waals surface area contributed by atoms with E-state index in [1.54, 1.807) is 0 Å². The van der Waals surface area contributed by atoms with Gasteiger partial charge in [0.05, 0.1) is 6.04 Å². The predicted molar refractivity (Wildman–Crippen MR) is 117 cm³/mol. The molecule has 2 aromatic carbocycles. The number of anilines is 3. The largest absolute Gasteiger partial charge is 0.378 e. The molecule has 2 N–H and O–H groups in total. The monoisotopic (exact) mass is 375 g/mol. The highest BCUT2D eigenvalue weighted by Gasteiger charge is 2.37. The molecule has 0 bridgehead atoms.